The van der Waals surface area contributed by atoms with Gasteiger partial charge in [0.25, 0.3) is 0 Å². The quantitative estimate of drug-likeness (QED) is 0.290. The smallest absolute Gasteiger partial charge is 0.223 e. The highest BCUT2D eigenvalue weighted by molar-refractivity contribution is 6.09. The zero-order chi connectivity index (χ0) is 19.4. The molecule has 0 saturated heterocycles. The first-order valence-electron chi connectivity index (χ1n) is 8.66. The maximum absolute atomic E-state index is 12.0. The first-order valence-corrected chi connectivity index (χ1v) is 8.66. The van der Waals surface area contributed by atoms with Gasteiger partial charge < -0.3 is 19.7 Å². The van der Waals surface area contributed by atoms with Crippen LogP contribution < -0.4 is 5.43 Å². The molecule has 3 N–H and O–H groups in total. The Labute approximate surface area is 158 Å². The van der Waals surface area contributed by atoms with E-state index in [1.54, 1.807) is 0 Å². The Morgan fingerprint density at radius 1 is 0.679 bits per heavy atom. The summed E-state index contributed by atoms with van der Waals surface area (Å²) >= 11 is 0. The lowest BCUT2D eigenvalue weighted by atomic mass is 9.90. The molecule has 0 saturated carbocycles. The maximum Gasteiger partial charge on any atom is 0.223 e. The van der Waals surface area contributed by atoms with Gasteiger partial charge in [-0.1, -0.05) is 42.5 Å². The van der Waals surface area contributed by atoms with E-state index in [0.29, 0.717) is 22.1 Å². The molecule has 28 heavy (non-hydrogen) atoms. The molecule has 0 atom stereocenters. The van der Waals surface area contributed by atoms with Gasteiger partial charge in [-0.05, 0) is 28.5 Å². The van der Waals surface area contributed by atoms with Crippen LogP contribution in [0.2, 0.25) is 0 Å². The third-order valence-electron chi connectivity index (χ3n) is 4.96. The van der Waals surface area contributed by atoms with Crippen LogP contribution in [-0.4, -0.2) is 15.3 Å². The van der Waals surface area contributed by atoms with E-state index in [0.717, 1.165) is 16.3 Å². The molecule has 136 valence electrons. The average Bonchev–Trinajstić information content (AvgIpc) is 2.69. The van der Waals surface area contributed by atoms with Crippen molar-refractivity contribution in [3.8, 4) is 39.7 Å². The van der Waals surface area contributed by atoms with Gasteiger partial charge in [-0.25, -0.2) is 0 Å². The fraction of sp³-hybridized carbons (Fsp3) is 0. The summed E-state index contributed by atoms with van der Waals surface area (Å²) in [5.74, 6) is -0.705. The van der Waals surface area contributed by atoms with E-state index in [1.165, 1.54) is 24.3 Å². The van der Waals surface area contributed by atoms with Crippen molar-refractivity contribution in [2.24, 2.45) is 0 Å². The van der Waals surface area contributed by atoms with Crippen LogP contribution >= 0.6 is 0 Å². The van der Waals surface area contributed by atoms with Gasteiger partial charge in [0.05, 0.1) is 0 Å². The molecule has 0 unspecified atom stereocenters. The molecule has 2 aliphatic rings. The fourth-order valence-electron chi connectivity index (χ4n) is 3.66. The Kier molecular flexibility index (Phi) is 3.33. The molecule has 0 radical (unpaired) electrons. The number of rotatable bonds is 1. The van der Waals surface area contributed by atoms with Gasteiger partial charge in [0.15, 0.2) is 17.2 Å². The summed E-state index contributed by atoms with van der Waals surface area (Å²) in [7, 11) is 0. The third kappa shape index (κ3) is 2.30. The van der Waals surface area contributed by atoms with Crippen molar-refractivity contribution in [1.82, 2.24) is 0 Å². The van der Waals surface area contributed by atoms with Gasteiger partial charge in [-0.3, -0.25) is 4.79 Å². The van der Waals surface area contributed by atoms with Gasteiger partial charge in [0, 0.05) is 28.6 Å². The van der Waals surface area contributed by atoms with E-state index in [9.17, 15) is 20.1 Å². The van der Waals surface area contributed by atoms with E-state index in [-0.39, 0.29) is 23.0 Å². The molecule has 0 aromatic heterocycles. The fourth-order valence-corrected chi connectivity index (χ4v) is 3.66. The van der Waals surface area contributed by atoms with Crippen molar-refractivity contribution in [3.63, 3.8) is 0 Å². The molecule has 0 fully saturated rings. The Morgan fingerprint density at radius 3 is 2.29 bits per heavy atom. The molecule has 0 bridgehead atoms. The standard InChI is InChI=1S/C23H14O5/c24-17-8-15-21(10-19(17)26)28-22-11-20(27)18(25)9-16(22)23(15)14-7-3-5-12-4-1-2-6-13(12)14/h1-11,24-26H. The van der Waals surface area contributed by atoms with Crippen LogP contribution in [0.15, 0.2) is 75.9 Å². The molecule has 5 rings (SSSR count). The summed E-state index contributed by atoms with van der Waals surface area (Å²) in [5, 5.41) is 32.6. The van der Waals surface area contributed by atoms with Gasteiger partial charge in [0.2, 0.25) is 5.43 Å². The zero-order valence-corrected chi connectivity index (χ0v) is 14.5. The van der Waals surface area contributed by atoms with Crippen molar-refractivity contribution in [2.45, 2.75) is 0 Å². The first kappa shape index (κ1) is 16.2. The third-order valence-corrected chi connectivity index (χ3v) is 4.96. The highest BCUT2D eigenvalue weighted by Gasteiger charge is 2.21. The minimum absolute atomic E-state index is 0.281. The molecule has 1 aliphatic heterocycles. The van der Waals surface area contributed by atoms with Crippen molar-refractivity contribution in [2.75, 3.05) is 0 Å². The van der Waals surface area contributed by atoms with E-state index >= 15 is 0 Å². The van der Waals surface area contributed by atoms with Crippen molar-refractivity contribution < 1.29 is 19.7 Å². The summed E-state index contributed by atoms with van der Waals surface area (Å²) in [6.45, 7) is 0. The lowest BCUT2D eigenvalue weighted by Gasteiger charge is -2.17. The summed E-state index contributed by atoms with van der Waals surface area (Å²) in [6, 6.07) is 19.0. The van der Waals surface area contributed by atoms with E-state index in [2.05, 4.69) is 0 Å². The molecule has 3 aromatic rings. The SMILES string of the molecule is O=c1cc2oc3cc(O)c(O)cc3c(-c3cccc4ccccc34)c-2cc1O. The minimum Gasteiger partial charge on any atom is -0.504 e. The number of phenols is 3. The zero-order valence-electron chi connectivity index (χ0n) is 14.5. The number of fused-ring (bicyclic) bond motifs is 3. The summed E-state index contributed by atoms with van der Waals surface area (Å²) in [5.41, 5.74) is 1.84. The lowest BCUT2D eigenvalue weighted by Crippen LogP contribution is -2.01. The molecule has 5 nitrogen and oxygen atoms in total. The van der Waals surface area contributed by atoms with Crippen molar-refractivity contribution >= 4 is 21.7 Å². The van der Waals surface area contributed by atoms with E-state index in [1.807, 2.05) is 42.5 Å². The second-order valence-corrected chi connectivity index (χ2v) is 6.66. The van der Waals surface area contributed by atoms with Gasteiger partial charge in [-0.2, -0.15) is 0 Å². The predicted octanol–water partition coefficient (Wildman–Crippen LogP) is 4.83. The number of phenolic OH excluding ortho intramolecular Hbond substituents is 3. The average molecular weight is 370 g/mol. The summed E-state index contributed by atoms with van der Waals surface area (Å²) in [6.07, 6.45) is 0. The second-order valence-electron chi connectivity index (χ2n) is 6.66. The van der Waals surface area contributed by atoms with Crippen molar-refractivity contribution in [1.29, 1.82) is 0 Å². The Bertz CT molecular complexity index is 1410. The number of benzene rings is 4. The number of aromatic hydroxyl groups is 3. The number of hydrogen-bond donors (Lipinski definition) is 3. The van der Waals surface area contributed by atoms with Crippen molar-refractivity contribution in [3.05, 3.63) is 77.0 Å². The maximum atomic E-state index is 12.0. The molecular weight excluding hydrogens is 356 g/mol. The monoisotopic (exact) mass is 370 g/mol. The molecule has 0 spiro atoms. The first-order chi connectivity index (χ1) is 13.5. The topological polar surface area (TPSA) is 90.9 Å². The molecular formula is C23H14O5. The highest BCUT2D eigenvalue weighted by Crippen LogP contribution is 2.45. The Morgan fingerprint density at radius 2 is 1.43 bits per heavy atom. The van der Waals surface area contributed by atoms with E-state index in [4.69, 9.17) is 4.42 Å². The van der Waals surface area contributed by atoms with Gasteiger partial charge in [-0.15, -0.1) is 0 Å². The van der Waals surface area contributed by atoms with Crippen LogP contribution in [0.4, 0.5) is 0 Å². The Hall–Kier alpha value is -3.99. The normalized spacial score (nSPS) is 11.4. The highest BCUT2D eigenvalue weighted by atomic mass is 16.3. The van der Waals surface area contributed by atoms with Crippen LogP contribution in [0.3, 0.4) is 0 Å². The molecule has 0 amide bonds. The van der Waals surface area contributed by atoms with Gasteiger partial charge in [0.1, 0.15) is 11.3 Å². The predicted molar refractivity (Wildman–Crippen MR) is 107 cm³/mol. The summed E-state index contributed by atoms with van der Waals surface area (Å²) in [4.78, 5) is 12.0. The molecule has 5 heteroatoms. The minimum atomic E-state index is -0.553. The molecule has 3 aromatic carbocycles. The number of hydrogen-bond acceptors (Lipinski definition) is 5. The summed E-state index contributed by atoms with van der Waals surface area (Å²) < 4.78 is 5.81. The van der Waals surface area contributed by atoms with Crippen LogP contribution in [0.1, 0.15) is 0 Å². The van der Waals surface area contributed by atoms with Crippen LogP contribution in [-0.2, 0) is 0 Å². The van der Waals surface area contributed by atoms with E-state index < -0.39 is 5.43 Å². The van der Waals surface area contributed by atoms with Gasteiger partial charge >= 0.3 is 0 Å². The lowest BCUT2D eigenvalue weighted by molar-refractivity contribution is 0.404. The van der Waals surface area contributed by atoms with Crippen LogP contribution in [0, 0.1) is 0 Å². The Balaban J connectivity index is 2.04. The van der Waals surface area contributed by atoms with Crippen LogP contribution in [0.25, 0.3) is 44.2 Å². The largest absolute Gasteiger partial charge is 0.504 e. The second kappa shape index (κ2) is 5.76. The van der Waals surface area contributed by atoms with Crippen LogP contribution in [0.5, 0.6) is 17.2 Å². The molecule has 1 aliphatic carbocycles. The molecule has 1 heterocycles.